The molecule has 2 aliphatic carbocycles. The van der Waals surface area contributed by atoms with E-state index in [-0.39, 0.29) is 34.4 Å². The number of Topliss-reactive ketones (excluding diaryl/α,β-unsaturated/α-hetero) is 2. The molecule has 29 heavy (non-hydrogen) atoms. The Morgan fingerprint density at radius 2 is 1.69 bits per heavy atom. The summed E-state index contributed by atoms with van der Waals surface area (Å²) in [5, 5.41) is 52.3. The van der Waals surface area contributed by atoms with Gasteiger partial charge in [-0.3, -0.25) is 9.59 Å². The minimum Gasteiger partial charge on any atom is -0.507 e. The fourth-order valence-electron chi connectivity index (χ4n) is 4.58. The second-order valence-corrected chi connectivity index (χ2v) is 8.66. The van der Waals surface area contributed by atoms with Crippen LogP contribution in [0, 0.1) is 5.92 Å². The van der Waals surface area contributed by atoms with Crippen LogP contribution in [-0.2, 0) is 0 Å². The van der Waals surface area contributed by atoms with Crippen LogP contribution in [-0.4, -0.2) is 68.0 Å². The van der Waals surface area contributed by atoms with E-state index >= 15 is 0 Å². The van der Waals surface area contributed by atoms with E-state index in [1.165, 1.54) is 13.0 Å². The molecule has 1 aromatic carbocycles. The number of aromatic hydroxyl groups is 2. The van der Waals surface area contributed by atoms with Crippen molar-refractivity contribution in [3.63, 3.8) is 0 Å². The number of aliphatic hydroxyl groups excluding tert-OH is 2. The first kappa shape index (κ1) is 19.9. The number of rotatable bonds is 1. The zero-order valence-corrected chi connectivity index (χ0v) is 16.3. The maximum absolute atomic E-state index is 13.2. The van der Waals surface area contributed by atoms with Crippen LogP contribution in [0.2, 0.25) is 0 Å². The number of carbonyl (C=O) groups is 2. The lowest BCUT2D eigenvalue weighted by atomic mass is 9.69. The van der Waals surface area contributed by atoms with E-state index in [9.17, 15) is 35.1 Å². The summed E-state index contributed by atoms with van der Waals surface area (Å²) in [7, 11) is 0. The number of nitrogens with zero attached hydrogens (tertiary/aromatic N) is 1. The van der Waals surface area contributed by atoms with Gasteiger partial charge in [-0.15, -0.1) is 0 Å². The van der Waals surface area contributed by atoms with Crippen LogP contribution in [0.1, 0.15) is 53.8 Å². The van der Waals surface area contributed by atoms with Crippen molar-refractivity contribution >= 4 is 17.3 Å². The topological polar surface area (TPSA) is 139 Å². The lowest BCUT2D eigenvalue weighted by Gasteiger charge is -2.41. The summed E-state index contributed by atoms with van der Waals surface area (Å²) in [6.45, 7) is 4.68. The highest BCUT2D eigenvalue weighted by Gasteiger charge is 2.51. The quantitative estimate of drug-likeness (QED) is 0.436. The summed E-state index contributed by atoms with van der Waals surface area (Å²) in [6, 6.07) is 1.27. The van der Waals surface area contributed by atoms with Crippen LogP contribution in [0.5, 0.6) is 11.5 Å². The fourth-order valence-corrected chi connectivity index (χ4v) is 4.58. The van der Waals surface area contributed by atoms with Gasteiger partial charge in [-0.2, -0.15) is 0 Å². The number of piperidine rings is 1. The van der Waals surface area contributed by atoms with Crippen molar-refractivity contribution in [1.29, 1.82) is 0 Å². The molecule has 0 radical (unpaired) electrons. The van der Waals surface area contributed by atoms with Crippen LogP contribution >= 0.6 is 0 Å². The largest absolute Gasteiger partial charge is 0.507 e. The average molecular weight is 403 g/mol. The molecule has 156 valence electrons. The van der Waals surface area contributed by atoms with Crippen molar-refractivity contribution in [3.05, 3.63) is 28.3 Å². The highest BCUT2D eigenvalue weighted by molar-refractivity contribution is 6.30. The Morgan fingerprint density at radius 3 is 2.31 bits per heavy atom. The number of carbonyl (C=O) groups excluding carboxylic acids is 2. The predicted molar refractivity (Wildman–Crippen MR) is 103 cm³/mol. The third kappa shape index (κ3) is 2.86. The first-order chi connectivity index (χ1) is 13.5. The molecular weight excluding hydrogens is 378 g/mol. The highest BCUT2D eigenvalue weighted by atomic mass is 16.4. The number of hydrogen-bond donors (Lipinski definition) is 5. The molecule has 0 amide bonds. The van der Waals surface area contributed by atoms with Gasteiger partial charge in [-0.1, -0.05) is 6.92 Å². The molecule has 1 heterocycles. The van der Waals surface area contributed by atoms with Crippen molar-refractivity contribution in [2.75, 3.05) is 18.0 Å². The van der Waals surface area contributed by atoms with Gasteiger partial charge in [0.25, 0.3) is 0 Å². The zero-order valence-electron chi connectivity index (χ0n) is 16.3. The summed E-state index contributed by atoms with van der Waals surface area (Å²) in [6.07, 6.45) is -2.00. The number of benzene rings is 1. The molecule has 1 saturated heterocycles. The molecule has 0 spiro atoms. The second-order valence-electron chi connectivity index (χ2n) is 8.66. The van der Waals surface area contributed by atoms with Crippen molar-refractivity contribution in [2.24, 2.45) is 5.92 Å². The Hall–Kier alpha value is -2.42. The van der Waals surface area contributed by atoms with Gasteiger partial charge in [0.2, 0.25) is 0 Å². The van der Waals surface area contributed by atoms with Gasteiger partial charge in [-0.25, -0.2) is 0 Å². The van der Waals surface area contributed by atoms with Gasteiger partial charge in [0, 0.05) is 36.7 Å². The molecule has 3 aliphatic rings. The summed E-state index contributed by atoms with van der Waals surface area (Å²) in [4.78, 5) is 28.1. The molecule has 4 rings (SSSR count). The minimum absolute atomic E-state index is 0.149. The molecule has 5 N–H and O–H groups in total. The first-order valence-electron chi connectivity index (χ1n) is 9.79. The predicted octanol–water partition coefficient (Wildman–Crippen LogP) is 0.886. The van der Waals surface area contributed by atoms with Gasteiger partial charge in [0.1, 0.15) is 18.0 Å². The Bertz CT molecular complexity index is 941. The average Bonchev–Trinajstić information content (AvgIpc) is 2.66. The minimum atomic E-state index is -1.82. The summed E-state index contributed by atoms with van der Waals surface area (Å²) in [5.74, 6) is -1.88. The van der Waals surface area contributed by atoms with Crippen molar-refractivity contribution in [3.8, 4) is 11.5 Å². The fraction of sp³-hybridized carbons (Fsp3) is 0.524. The van der Waals surface area contributed by atoms with E-state index in [1.807, 2.05) is 4.90 Å². The van der Waals surface area contributed by atoms with Crippen LogP contribution in [0.25, 0.3) is 0 Å². The molecule has 3 atom stereocenters. The van der Waals surface area contributed by atoms with Gasteiger partial charge < -0.3 is 30.4 Å². The normalized spacial score (nSPS) is 30.4. The number of aliphatic hydroxyl groups is 3. The Morgan fingerprint density at radius 1 is 1.07 bits per heavy atom. The third-order valence-electron chi connectivity index (χ3n) is 6.45. The molecule has 0 saturated carbocycles. The van der Waals surface area contributed by atoms with E-state index in [1.54, 1.807) is 0 Å². The van der Waals surface area contributed by atoms with Crippen molar-refractivity contribution in [2.45, 2.75) is 50.9 Å². The summed E-state index contributed by atoms with van der Waals surface area (Å²) < 4.78 is 0. The molecule has 0 unspecified atom stereocenters. The van der Waals surface area contributed by atoms with Gasteiger partial charge in [0.15, 0.2) is 17.3 Å². The Labute approximate surface area is 167 Å². The molecule has 0 bridgehead atoms. The Balaban J connectivity index is 1.85. The number of phenols is 2. The maximum atomic E-state index is 13.2. The van der Waals surface area contributed by atoms with Crippen LogP contribution in [0.4, 0.5) is 5.69 Å². The molecule has 8 nitrogen and oxygen atoms in total. The molecule has 1 aliphatic heterocycles. The van der Waals surface area contributed by atoms with E-state index in [0.717, 1.165) is 12.8 Å². The molecule has 1 aromatic rings. The molecular formula is C21H25NO7. The smallest absolute Gasteiger partial charge is 0.196 e. The first-order valence-corrected chi connectivity index (χ1v) is 9.79. The van der Waals surface area contributed by atoms with E-state index in [2.05, 4.69) is 6.92 Å². The number of ketones is 2. The van der Waals surface area contributed by atoms with Crippen LogP contribution < -0.4 is 4.90 Å². The number of anilines is 1. The lowest BCUT2D eigenvalue weighted by molar-refractivity contribution is -0.111. The SMILES string of the molecule is CC1CCN(c2cc(O)c3c(c2O)C(=O)C2=C(C3=O)[C@H](O)[C@@H](O)[C@@](C)(O)C2)CC1. The molecule has 0 aromatic heterocycles. The zero-order chi connectivity index (χ0) is 21.2. The van der Waals surface area contributed by atoms with Gasteiger partial charge in [0.05, 0.1) is 22.4 Å². The molecule has 8 heteroatoms. The highest BCUT2D eigenvalue weighted by Crippen LogP contribution is 2.47. The Kier molecular flexibility index (Phi) is 4.49. The summed E-state index contributed by atoms with van der Waals surface area (Å²) >= 11 is 0. The third-order valence-corrected chi connectivity index (χ3v) is 6.45. The van der Waals surface area contributed by atoms with Crippen molar-refractivity contribution < 1.29 is 35.1 Å². The van der Waals surface area contributed by atoms with Crippen LogP contribution in [0.15, 0.2) is 17.2 Å². The van der Waals surface area contributed by atoms with E-state index in [0.29, 0.717) is 19.0 Å². The monoisotopic (exact) mass is 403 g/mol. The number of phenolic OH excluding ortho intramolecular Hbond substituents is 2. The standard InChI is InChI=1S/C21H25NO7/c1-9-3-5-22(6-4-9)11-7-12(23)14-15(17(11)25)16(24)10-8-21(2,29)20(28)19(27)13(10)18(14)26/h7,9,19-20,23,25,27-29H,3-6,8H2,1-2H3/t19-,20+,21-/m0/s1. The van der Waals surface area contributed by atoms with E-state index < -0.39 is 40.9 Å². The number of hydrogen-bond acceptors (Lipinski definition) is 8. The summed E-state index contributed by atoms with van der Waals surface area (Å²) in [5.41, 5.74) is -2.72. The van der Waals surface area contributed by atoms with E-state index in [4.69, 9.17) is 0 Å². The number of fused-ring (bicyclic) bond motifs is 1. The van der Waals surface area contributed by atoms with Crippen molar-refractivity contribution in [1.82, 2.24) is 0 Å². The second kappa shape index (κ2) is 6.55. The molecule has 1 fully saturated rings. The maximum Gasteiger partial charge on any atom is 0.196 e. The van der Waals surface area contributed by atoms with Crippen LogP contribution in [0.3, 0.4) is 0 Å². The lowest BCUT2D eigenvalue weighted by Crippen LogP contribution is -2.54. The van der Waals surface area contributed by atoms with Gasteiger partial charge >= 0.3 is 0 Å². The van der Waals surface area contributed by atoms with Gasteiger partial charge in [-0.05, 0) is 25.7 Å².